The van der Waals surface area contributed by atoms with E-state index in [4.69, 9.17) is 16.3 Å². The number of benzene rings is 2. The Balaban J connectivity index is 1.59. The third kappa shape index (κ3) is 4.22. The minimum atomic E-state index is -0.357. The second-order valence-electron chi connectivity index (χ2n) is 5.71. The average molecular weight is 360 g/mol. The summed E-state index contributed by atoms with van der Waals surface area (Å²) >= 11 is 5.87. The SMILES string of the molecule is COc1cccc(NC(=O)N[C@H]2CC(=O)N(c3ccc(Cl)cc3)C2)c1. The molecule has 0 saturated carbocycles. The van der Waals surface area contributed by atoms with Crippen molar-refractivity contribution in [1.29, 1.82) is 0 Å². The molecule has 2 aromatic rings. The van der Waals surface area contributed by atoms with Crippen LogP contribution in [0.2, 0.25) is 5.02 Å². The molecule has 1 heterocycles. The van der Waals surface area contributed by atoms with Crippen LogP contribution in [0.5, 0.6) is 5.75 Å². The summed E-state index contributed by atoms with van der Waals surface area (Å²) < 4.78 is 5.12. The predicted molar refractivity (Wildman–Crippen MR) is 97.4 cm³/mol. The largest absolute Gasteiger partial charge is 0.497 e. The van der Waals surface area contributed by atoms with Gasteiger partial charge in [-0.2, -0.15) is 0 Å². The standard InChI is InChI=1S/C18H18ClN3O3/c1-25-16-4-2-3-13(9-16)20-18(24)21-14-10-17(23)22(11-14)15-7-5-12(19)6-8-15/h2-9,14H,10-11H2,1H3,(H2,20,21,24)/t14-/m0/s1. The normalized spacial score (nSPS) is 16.6. The van der Waals surface area contributed by atoms with Crippen LogP contribution < -0.4 is 20.3 Å². The number of ether oxygens (including phenoxy) is 1. The number of nitrogens with one attached hydrogen (secondary N) is 2. The van der Waals surface area contributed by atoms with Crippen LogP contribution in [0.25, 0.3) is 0 Å². The fourth-order valence-electron chi connectivity index (χ4n) is 2.73. The molecule has 0 aliphatic carbocycles. The molecular formula is C18H18ClN3O3. The van der Waals surface area contributed by atoms with E-state index in [1.54, 1.807) is 60.5 Å². The van der Waals surface area contributed by atoms with Gasteiger partial charge in [-0.3, -0.25) is 4.79 Å². The van der Waals surface area contributed by atoms with Crippen molar-refractivity contribution >= 4 is 34.9 Å². The number of urea groups is 1. The number of rotatable bonds is 4. The summed E-state index contributed by atoms with van der Waals surface area (Å²) in [7, 11) is 1.56. The lowest BCUT2D eigenvalue weighted by Gasteiger charge is -2.17. The highest BCUT2D eigenvalue weighted by Crippen LogP contribution is 2.23. The Morgan fingerprint density at radius 3 is 2.72 bits per heavy atom. The molecule has 25 heavy (non-hydrogen) atoms. The zero-order valence-corrected chi connectivity index (χ0v) is 14.4. The smallest absolute Gasteiger partial charge is 0.319 e. The monoisotopic (exact) mass is 359 g/mol. The third-order valence-corrected chi connectivity index (χ3v) is 4.18. The summed E-state index contributed by atoms with van der Waals surface area (Å²) in [5.74, 6) is 0.622. The Labute approximate surface area is 150 Å². The van der Waals surface area contributed by atoms with Crippen molar-refractivity contribution in [2.75, 3.05) is 23.9 Å². The Morgan fingerprint density at radius 1 is 1.24 bits per heavy atom. The number of hydrogen-bond donors (Lipinski definition) is 2. The molecule has 1 aliphatic rings. The van der Waals surface area contributed by atoms with Crippen LogP contribution in [0.1, 0.15) is 6.42 Å². The first-order chi connectivity index (χ1) is 12.0. The molecule has 3 rings (SSSR count). The van der Waals surface area contributed by atoms with Gasteiger partial charge in [0.2, 0.25) is 5.91 Å². The van der Waals surface area contributed by atoms with Crippen molar-refractivity contribution in [2.24, 2.45) is 0 Å². The number of carbonyl (C=O) groups excluding carboxylic acids is 2. The maximum absolute atomic E-state index is 12.2. The maximum atomic E-state index is 12.2. The molecule has 6 nitrogen and oxygen atoms in total. The van der Waals surface area contributed by atoms with E-state index in [-0.39, 0.29) is 24.4 Å². The number of methoxy groups -OCH3 is 1. The zero-order valence-electron chi connectivity index (χ0n) is 13.7. The fraction of sp³-hybridized carbons (Fsp3) is 0.222. The highest BCUT2D eigenvalue weighted by Gasteiger charge is 2.31. The lowest BCUT2D eigenvalue weighted by molar-refractivity contribution is -0.117. The van der Waals surface area contributed by atoms with Gasteiger partial charge in [-0.05, 0) is 36.4 Å². The van der Waals surface area contributed by atoms with E-state index in [0.717, 1.165) is 5.69 Å². The molecule has 2 N–H and O–H groups in total. The van der Waals surface area contributed by atoms with Crippen LogP contribution >= 0.6 is 11.6 Å². The molecule has 0 spiro atoms. The minimum absolute atomic E-state index is 0.0333. The molecule has 1 saturated heterocycles. The van der Waals surface area contributed by atoms with E-state index in [1.807, 2.05) is 0 Å². The van der Waals surface area contributed by atoms with Crippen molar-refractivity contribution in [3.05, 3.63) is 53.6 Å². The van der Waals surface area contributed by atoms with E-state index in [2.05, 4.69) is 10.6 Å². The lowest BCUT2D eigenvalue weighted by atomic mass is 10.2. The molecule has 130 valence electrons. The molecule has 1 atom stereocenters. The van der Waals surface area contributed by atoms with Crippen molar-refractivity contribution < 1.29 is 14.3 Å². The lowest BCUT2D eigenvalue weighted by Crippen LogP contribution is -2.39. The number of amides is 3. The molecule has 2 aromatic carbocycles. The first-order valence-electron chi connectivity index (χ1n) is 7.82. The topological polar surface area (TPSA) is 70.7 Å². The molecular weight excluding hydrogens is 342 g/mol. The fourth-order valence-corrected chi connectivity index (χ4v) is 2.85. The zero-order chi connectivity index (χ0) is 17.8. The summed E-state index contributed by atoms with van der Waals surface area (Å²) in [5.41, 5.74) is 1.39. The number of hydrogen-bond acceptors (Lipinski definition) is 3. The van der Waals surface area contributed by atoms with Crippen molar-refractivity contribution in [3.8, 4) is 5.75 Å². The van der Waals surface area contributed by atoms with E-state index in [0.29, 0.717) is 23.0 Å². The van der Waals surface area contributed by atoms with Gasteiger partial charge in [-0.25, -0.2) is 4.79 Å². The maximum Gasteiger partial charge on any atom is 0.319 e. The summed E-state index contributed by atoms with van der Waals surface area (Å²) in [4.78, 5) is 26.0. The van der Waals surface area contributed by atoms with Crippen molar-refractivity contribution in [2.45, 2.75) is 12.5 Å². The Bertz CT molecular complexity index is 779. The Kier molecular flexibility index (Phi) is 5.09. The summed E-state index contributed by atoms with van der Waals surface area (Å²) in [5, 5.41) is 6.18. The van der Waals surface area contributed by atoms with E-state index in [9.17, 15) is 9.59 Å². The Morgan fingerprint density at radius 2 is 2.00 bits per heavy atom. The van der Waals surface area contributed by atoms with Gasteiger partial charge >= 0.3 is 6.03 Å². The summed E-state index contributed by atoms with van der Waals surface area (Å²) in [6.07, 6.45) is 0.258. The second kappa shape index (κ2) is 7.44. The highest BCUT2D eigenvalue weighted by molar-refractivity contribution is 6.30. The highest BCUT2D eigenvalue weighted by atomic mass is 35.5. The van der Waals surface area contributed by atoms with Crippen LogP contribution in [-0.4, -0.2) is 31.6 Å². The quantitative estimate of drug-likeness (QED) is 0.880. The molecule has 0 unspecified atom stereocenters. The minimum Gasteiger partial charge on any atom is -0.497 e. The number of anilines is 2. The van der Waals surface area contributed by atoms with Gasteiger partial charge < -0.3 is 20.3 Å². The first kappa shape index (κ1) is 17.1. The molecule has 1 fully saturated rings. The number of halogens is 1. The van der Waals surface area contributed by atoms with Gasteiger partial charge in [0.15, 0.2) is 0 Å². The van der Waals surface area contributed by atoms with Gasteiger partial charge in [-0.15, -0.1) is 0 Å². The van der Waals surface area contributed by atoms with Crippen LogP contribution in [0.15, 0.2) is 48.5 Å². The van der Waals surface area contributed by atoms with E-state index in [1.165, 1.54) is 0 Å². The van der Waals surface area contributed by atoms with Gasteiger partial charge in [0.25, 0.3) is 0 Å². The van der Waals surface area contributed by atoms with Crippen molar-refractivity contribution in [1.82, 2.24) is 5.32 Å². The molecule has 7 heteroatoms. The third-order valence-electron chi connectivity index (χ3n) is 3.93. The molecule has 0 bridgehead atoms. The summed E-state index contributed by atoms with van der Waals surface area (Å²) in [6.45, 7) is 0.423. The van der Waals surface area contributed by atoms with Crippen molar-refractivity contribution in [3.63, 3.8) is 0 Å². The van der Waals surface area contributed by atoms with Crippen LogP contribution in [0.4, 0.5) is 16.2 Å². The van der Waals surface area contributed by atoms with Gasteiger partial charge in [0.1, 0.15) is 5.75 Å². The summed E-state index contributed by atoms with van der Waals surface area (Å²) in [6, 6.07) is 13.5. The predicted octanol–water partition coefficient (Wildman–Crippen LogP) is 3.28. The second-order valence-corrected chi connectivity index (χ2v) is 6.15. The van der Waals surface area contributed by atoms with Crippen LogP contribution in [0, 0.1) is 0 Å². The van der Waals surface area contributed by atoms with Gasteiger partial charge in [0, 0.05) is 35.4 Å². The molecule has 3 amide bonds. The van der Waals surface area contributed by atoms with Crippen LogP contribution in [-0.2, 0) is 4.79 Å². The number of carbonyl (C=O) groups is 2. The molecule has 0 aromatic heterocycles. The van der Waals surface area contributed by atoms with Gasteiger partial charge in [-0.1, -0.05) is 17.7 Å². The molecule has 0 radical (unpaired) electrons. The Hall–Kier alpha value is -2.73. The number of nitrogens with zero attached hydrogens (tertiary/aromatic N) is 1. The van der Waals surface area contributed by atoms with E-state index < -0.39 is 0 Å². The van der Waals surface area contributed by atoms with Gasteiger partial charge in [0.05, 0.1) is 13.2 Å². The average Bonchev–Trinajstić information content (AvgIpc) is 2.95. The van der Waals surface area contributed by atoms with Crippen LogP contribution in [0.3, 0.4) is 0 Å². The molecule has 1 aliphatic heterocycles. The first-order valence-corrected chi connectivity index (χ1v) is 8.20. The van der Waals surface area contributed by atoms with E-state index >= 15 is 0 Å².